The number of piperidine rings is 1. The lowest BCUT2D eigenvalue weighted by molar-refractivity contribution is 0.172. The van der Waals surface area contributed by atoms with Crippen LogP contribution in [0.25, 0.3) is 0 Å². The molecule has 0 aromatic carbocycles. The minimum absolute atomic E-state index is 0.799. The van der Waals surface area contributed by atoms with E-state index >= 15 is 0 Å². The van der Waals surface area contributed by atoms with Gasteiger partial charge in [-0.25, -0.2) is 10.8 Å². The molecule has 100 valence electrons. The number of nitrogens with two attached hydrogens (primary N) is 1. The molecule has 1 saturated heterocycles. The van der Waals surface area contributed by atoms with Gasteiger partial charge in [-0.15, -0.1) is 0 Å². The predicted molar refractivity (Wildman–Crippen MR) is 75.0 cm³/mol. The topological polar surface area (TPSA) is 54.2 Å². The summed E-state index contributed by atoms with van der Waals surface area (Å²) in [6, 6.07) is 4.07. The van der Waals surface area contributed by atoms with Gasteiger partial charge in [-0.3, -0.25) is 4.90 Å². The molecule has 1 aromatic rings. The Hall–Kier alpha value is -1.13. The number of anilines is 1. The summed E-state index contributed by atoms with van der Waals surface area (Å²) in [6.45, 7) is 5.63. The minimum Gasteiger partial charge on any atom is -0.308 e. The Balaban J connectivity index is 1.87. The molecule has 2 rings (SSSR count). The number of likely N-dealkylation sites (tertiary alicyclic amines) is 1. The molecule has 1 aromatic heterocycles. The first kappa shape index (κ1) is 13.3. The lowest BCUT2D eigenvalue weighted by Crippen LogP contribution is -2.33. The van der Waals surface area contributed by atoms with E-state index in [0.717, 1.165) is 18.3 Å². The van der Waals surface area contributed by atoms with Crippen molar-refractivity contribution in [3.05, 3.63) is 23.9 Å². The molecule has 0 atom stereocenters. The van der Waals surface area contributed by atoms with Crippen LogP contribution < -0.4 is 11.3 Å². The summed E-state index contributed by atoms with van der Waals surface area (Å²) in [5.41, 5.74) is 3.87. The van der Waals surface area contributed by atoms with E-state index in [2.05, 4.69) is 28.3 Å². The zero-order valence-corrected chi connectivity index (χ0v) is 11.2. The molecule has 1 aliphatic heterocycles. The zero-order chi connectivity index (χ0) is 12.8. The SMILES string of the molecule is CCCC1CCN(Cc2cccnc2NN)CC1. The number of nitrogens with zero attached hydrogens (tertiary/aromatic N) is 2. The van der Waals surface area contributed by atoms with Gasteiger partial charge < -0.3 is 5.43 Å². The van der Waals surface area contributed by atoms with Gasteiger partial charge in [-0.2, -0.15) is 0 Å². The number of hydrogen-bond donors (Lipinski definition) is 2. The second-order valence-electron chi connectivity index (χ2n) is 5.16. The van der Waals surface area contributed by atoms with Crippen LogP contribution in [0.4, 0.5) is 5.82 Å². The van der Waals surface area contributed by atoms with Crippen LogP contribution in [0.5, 0.6) is 0 Å². The maximum atomic E-state index is 5.49. The Morgan fingerprint density at radius 3 is 2.89 bits per heavy atom. The molecule has 2 heterocycles. The summed E-state index contributed by atoms with van der Waals surface area (Å²) in [5, 5.41) is 0. The van der Waals surface area contributed by atoms with Crippen molar-refractivity contribution in [1.29, 1.82) is 0 Å². The molecule has 0 aliphatic carbocycles. The molecule has 18 heavy (non-hydrogen) atoms. The van der Waals surface area contributed by atoms with Crippen molar-refractivity contribution in [2.24, 2.45) is 11.8 Å². The van der Waals surface area contributed by atoms with Crippen molar-refractivity contribution in [2.75, 3.05) is 18.5 Å². The number of rotatable bonds is 5. The van der Waals surface area contributed by atoms with E-state index in [-0.39, 0.29) is 0 Å². The highest BCUT2D eigenvalue weighted by Crippen LogP contribution is 2.23. The van der Waals surface area contributed by atoms with Crippen molar-refractivity contribution < 1.29 is 0 Å². The van der Waals surface area contributed by atoms with Crippen LogP contribution in [0.3, 0.4) is 0 Å². The lowest BCUT2D eigenvalue weighted by atomic mass is 9.92. The van der Waals surface area contributed by atoms with Crippen LogP contribution in [0.2, 0.25) is 0 Å². The average molecular weight is 248 g/mol. The Bertz CT molecular complexity index is 359. The molecule has 4 nitrogen and oxygen atoms in total. The van der Waals surface area contributed by atoms with Crippen molar-refractivity contribution in [2.45, 2.75) is 39.2 Å². The number of nitrogen functional groups attached to an aromatic ring is 1. The lowest BCUT2D eigenvalue weighted by Gasteiger charge is -2.32. The molecule has 3 N–H and O–H groups in total. The maximum Gasteiger partial charge on any atom is 0.144 e. The van der Waals surface area contributed by atoms with Crippen LogP contribution in [-0.4, -0.2) is 23.0 Å². The first-order chi connectivity index (χ1) is 8.83. The molecule has 0 bridgehead atoms. The minimum atomic E-state index is 0.799. The van der Waals surface area contributed by atoms with Crippen LogP contribution in [0.1, 0.15) is 38.2 Å². The third-order valence-corrected chi connectivity index (χ3v) is 3.83. The maximum absolute atomic E-state index is 5.49. The van der Waals surface area contributed by atoms with Gasteiger partial charge in [0.05, 0.1) is 0 Å². The Labute approximate surface area is 110 Å². The second kappa shape index (κ2) is 6.71. The summed E-state index contributed by atoms with van der Waals surface area (Å²) in [6.07, 6.45) is 7.13. The van der Waals surface area contributed by atoms with E-state index in [4.69, 9.17) is 5.84 Å². The fourth-order valence-corrected chi connectivity index (χ4v) is 2.78. The number of hydrazine groups is 1. The Kier molecular flexibility index (Phi) is 4.96. The van der Waals surface area contributed by atoms with Crippen LogP contribution >= 0.6 is 0 Å². The molecule has 1 aliphatic rings. The van der Waals surface area contributed by atoms with Crippen molar-refractivity contribution >= 4 is 5.82 Å². The normalized spacial score (nSPS) is 17.9. The Morgan fingerprint density at radius 1 is 1.44 bits per heavy atom. The van der Waals surface area contributed by atoms with Crippen molar-refractivity contribution in [3.63, 3.8) is 0 Å². The van der Waals surface area contributed by atoms with Gasteiger partial charge in [-0.1, -0.05) is 25.8 Å². The smallest absolute Gasteiger partial charge is 0.144 e. The number of aromatic nitrogens is 1. The van der Waals surface area contributed by atoms with Gasteiger partial charge in [0.1, 0.15) is 5.82 Å². The van der Waals surface area contributed by atoms with Gasteiger partial charge in [-0.05, 0) is 37.9 Å². The average Bonchev–Trinajstić information content (AvgIpc) is 2.42. The van der Waals surface area contributed by atoms with E-state index < -0.39 is 0 Å². The summed E-state index contributed by atoms with van der Waals surface area (Å²) < 4.78 is 0. The highest BCUT2D eigenvalue weighted by molar-refractivity contribution is 5.42. The van der Waals surface area contributed by atoms with Gasteiger partial charge in [0, 0.05) is 18.3 Å². The van der Waals surface area contributed by atoms with Crippen LogP contribution in [-0.2, 0) is 6.54 Å². The first-order valence-corrected chi connectivity index (χ1v) is 6.96. The van der Waals surface area contributed by atoms with E-state index in [1.807, 2.05) is 6.07 Å². The highest BCUT2D eigenvalue weighted by Gasteiger charge is 2.19. The van der Waals surface area contributed by atoms with Crippen LogP contribution in [0.15, 0.2) is 18.3 Å². The first-order valence-electron chi connectivity index (χ1n) is 6.96. The van der Waals surface area contributed by atoms with Gasteiger partial charge in [0.25, 0.3) is 0 Å². The molecule has 0 unspecified atom stereocenters. The molecule has 4 heteroatoms. The van der Waals surface area contributed by atoms with E-state index in [9.17, 15) is 0 Å². The second-order valence-corrected chi connectivity index (χ2v) is 5.16. The van der Waals surface area contributed by atoms with Crippen molar-refractivity contribution in [3.8, 4) is 0 Å². The fourth-order valence-electron chi connectivity index (χ4n) is 2.78. The molecule has 0 spiro atoms. The molecular weight excluding hydrogens is 224 g/mol. The number of nitrogens with one attached hydrogen (secondary N) is 1. The van der Waals surface area contributed by atoms with E-state index in [1.54, 1.807) is 6.20 Å². The standard InChI is InChI=1S/C14H24N4/c1-2-4-12-6-9-18(10-7-12)11-13-5-3-8-16-14(13)17-15/h3,5,8,12H,2,4,6-7,9-11,15H2,1H3,(H,16,17). The summed E-state index contributed by atoms with van der Waals surface area (Å²) in [5.74, 6) is 7.22. The molecule has 0 radical (unpaired) electrons. The molecule has 0 saturated carbocycles. The largest absolute Gasteiger partial charge is 0.308 e. The Morgan fingerprint density at radius 2 is 2.22 bits per heavy atom. The van der Waals surface area contributed by atoms with E-state index in [1.165, 1.54) is 44.3 Å². The third kappa shape index (κ3) is 3.43. The third-order valence-electron chi connectivity index (χ3n) is 3.83. The fraction of sp³-hybridized carbons (Fsp3) is 0.643. The molecule has 0 amide bonds. The summed E-state index contributed by atoms with van der Waals surface area (Å²) in [4.78, 5) is 6.75. The monoisotopic (exact) mass is 248 g/mol. The van der Waals surface area contributed by atoms with E-state index in [0.29, 0.717) is 0 Å². The van der Waals surface area contributed by atoms with Crippen molar-refractivity contribution in [1.82, 2.24) is 9.88 Å². The zero-order valence-electron chi connectivity index (χ0n) is 11.2. The quantitative estimate of drug-likeness (QED) is 0.620. The molecule has 1 fully saturated rings. The molecular formula is C14H24N4. The van der Waals surface area contributed by atoms with Gasteiger partial charge in [0.15, 0.2) is 0 Å². The van der Waals surface area contributed by atoms with Gasteiger partial charge in [0.2, 0.25) is 0 Å². The summed E-state index contributed by atoms with van der Waals surface area (Å²) in [7, 11) is 0. The number of hydrogen-bond acceptors (Lipinski definition) is 4. The van der Waals surface area contributed by atoms with Crippen LogP contribution in [0, 0.1) is 5.92 Å². The van der Waals surface area contributed by atoms with Gasteiger partial charge >= 0.3 is 0 Å². The highest BCUT2D eigenvalue weighted by atomic mass is 15.3. The number of pyridine rings is 1. The summed E-state index contributed by atoms with van der Waals surface area (Å²) >= 11 is 0. The predicted octanol–water partition coefficient (Wildman–Crippen LogP) is 2.38.